The number of halogens is 1. The standard InChI is InChI=1S/C7H10BFO3/c1-2-3-4(8)6(10)5(9)7(11)12-3/h3-6,10H,2H2,1H3/t3-,4+,5+,6?/m1/s1. The van der Waals surface area contributed by atoms with E-state index in [9.17, 15) is 9.18 Å². The van der Waals surface area contributed by atoms with Crippen LogP contribution in [0.4, 0.5) is 4.39 Å². The lowest BCUT2D eigenvalue weighted by Gasteiger charge is -2.34. The number of carbonyl (C=O) groups is 1. The van der Waals surface area contributed by atoms with Gasteiger partial charge in [-0.2, -0.15) is 0 Å². The third-order valence-corrected chi connectivity index (χ3v) is 2.02. The molecule has 1 N–H and O–H groups in total. The Bertz CT molecular complexity index is 185. The van der Waals surface area contributed by atoms with Gasteiger partial charge in [0.25, 0.3) is 0 Å². The van der Waals surface area contributed by atoms with Gasteiger partial charge in [0.2, 0.25) is 6.17 Å². The fourth-order valence-electron chi connectivity index (χ4n) is 1.20. The summed E-state index contributed by atoms with van der Waals surface area (Å²) in [6, 6.07) is 0. The van der Waals surface area contributed by atoms with Gasteiger partial charge >= 0.3 is 5.97 Å². The van der Waals surface area contributed by atoms with Crippen LogP contribution in [0.25, 0.3) is 0 Å². The quantitative estimate of drug-likeness (QED) is 0.446. The average Bonchev–Trinajstić information content (AvgIpc) is 2.08. The summed E-state index contributed by atoms with van der Waals surface area (Å²) in [5.74, 6) is -1.83. The number of carbonyl (C=O) groups excluding carboxylic acids is 1. The van der Waals surface area contributed by atoms with E-state index in [0.29, 0.717) is 6.42 Å². The van der Waals surface area contributed by atoms with Gasteiger partial charge < -0.3 is 9.84 Å². The van der Waals surface area contributed by atoms with Crippen LogP contribution >= 0.6 is 0 Å². The molecule has 1 fully saturated rings. The molecule has 0 aromatic rings. The lowest BCUT2D eigenvalue weighted by molar-refractivity contribution is -0.171. The van der Waals surface area contributed by atoms with Crippen molar-refractivity contribution >= 4 is 13.8 Å². The van der Waals surface area contributed by atoms with Gasteiger partial charge in [-0.05, 0) is 12.2 Å². The van der Waals surface area contributed by atoms with E-state index in [1.165, 1.54) is 0 Å². The van der Waals surface area contributed by atoms with E-state index in [1.54, 1.807) is 6.92 Å². The molecule has 0 spiro atoms. The van der Waals surface area contributed by atoms with Gasteiger partial charge in [-0.3, -0.25) is 0 Å². The number of esters is 1. The van der Waals surface area contributed by atoms with E-state index < -0.39 is 30.2 Å². The van der Waals surface area contributed by atoms with Crippen molar-refractivity contribution in [3.63, 3.8) is 0 Å². The zero-order chi connectivity index (χ0) is 9.30. The molecule has 1 unspecified atom stereocenters. The van der Waals surface area contributed by atoms with Gasteiger partial charge in [0, 0.05) is 0 Å². The summed E-state index contributed by atoms with van der Waals surface area (Å²) < 4.78 is 17.4. The Morgan fingerprint density at radius 2 is 2.33 bits per heavy atom. The Hall–Kier alpha value is -0.575. The van der Waals surface area contributed by atoms with Crippen molar-refractivity contribution in [3.05, 3.63) is 0 Å². The minimum atomic E-state index is -2.00. The second-order valence-electron chi connectivity index (χ2n) is 2.85. The third-order valence-electron chi connectivity index (χ3n) is 2.02. The first-order valence-electron chi connectivity index (χ1n) is 3.86. The van der Waals surface area contributed by atoms with Crippen LogP contribution in [-0.2, 0) is 9.53 Å². The predicted molar refractivity (Wildman–Crippen MR) is 40.6 cm³/mol. The Morgan fingerprint density at radius 1 is 1.75 bits per heavy atom. The van der Waals surface area contributed by atoms with Gasteiger partial charge in [-0.1, -0.05) is 6.92 Å². The van der Waals surface area contributed by atoms with Crippen LogP contribution in [0.5, 0.6) is 0 Å². The molecule has 0 aromatic heterocycles. The van der Waals surface area contributed by atoms with Crippen molar-refractivity contribution in [2.45, 2.75) is 37.5 Å². The highest BCUT2D eigenvalue weighted by molar-refractivity contribution is 6.13. The molecule has 0 aromatic carbocycles. The summed E-state index contributed by atoms with van der Waals surface area (Å²) in [4.78, 5) is 10.7. The van der Waals surface area contributed by atoms with E-state index in [0.717, 1.165) is 0 Å². The number of alkyl halides is 1. The molecule has 4 atom stereocenters. The van der Waals surface area contributed by atoms with Gasteiger partial charge in [-0.15, -0.1) is 0 Å². The smallest absolute Gasteiger partial charge is 0.343 e. The summed E-state index contributed by atoms with van der Waals surface area (Å²) in [6.07, 6.45) is -3.52. The lowest BCUT2D eigenvalue weighted by Crippen LogP contribution is -2.47. The molecule has 1 heterocycles. The van der Waals surface area contributed by atoms with Gasteiger partial charge in [0.05, 0.1) is 20.1 Å². The van der Waals surface area contributed by atoms with Crippen molar-refractivity contribution in [1.29, 1.82) is 0 Å². The first kappa shape index (κ1) is 9.51. The van der Waals surface area contributed by atoms with Crippen LogP contribution in [-0.4, -0.2) is 37.3 Å². The summed E-state index contributed by atoms with van der Waals surface area (Å²) >= 11 is 0. The summed E-state index contributed by atoms with van der Waals surface area (Å²) in [7, 11) is 5.42. The number of hydrogen-bond donors (Lipinski definition) is 1. The van der Waals surface area contributed by atoms with Gasteiger partial charge in [0.1, 0.15) is 0 Å². The molecule has 1 saturated heterocycles. The van der Waals surface area contributed by atoms with E-state index in [1.807, 2.05) is 0 Å². The van der Waals surface area contributed by atoms with Crippen LogP contribution in [0.1, 0.15) is 13.3 Å². The van der Waals surface area contributed by atoms with Crippen LogP contribution in [0.3, 0.4) is 0 Å². The molecule has 5 heteroatoms. The monoisotopic (exact) mass is 172 g/mol. The molecule has 1 aliphatic rings. The van der Waals surface area contributed by atoms with Crippen molar-refractivity contribution in [2.75, 3.05) is 0 Å². The Balaban J connectivity index is 2.70. The predicted octanol–water partition coefficient (Wildman–Crippen LogP) is -0.0222. The van der Waals surface area contributed by atoms with E-state index >= 15 is 0 Å². The van der Waals surface area contributed by atoms with E-state index in [4.69, 9.17) is 13.0 Å². The molecule has 66 valence electrons. The molecule has 0 amide bonds. The largest absolute Gasteiger partial charge is 0.461 e. The van der Waals surface area contributed by atoms with E-state index in [2.05, 4.69) is 4.74 Å². The first-order valence-corrected chi connectivity index (χ1v) is 3.86. The second-order valence-corrected chi connectivity index (χ2v) is 2.85. The molecular formula is C7H10BFO3. The maximum atomic E-state index is 12.7. The van der Waals surface area contributed by atoms with Crippen molar-refractivity contribution in [3.8, 4) is 0 Å². The lowest BCUT2D eigenvalue weighted by atomic mass is 9.74. The number of aliphatic hydroxyl groups excluding tert-OH is 1. The van der Waals surface area contributed by atoms with Crippen LogP contribution in [0.15, 0.2) is 0 Å². The van der Waals surface area contributed by atoms with Crippen molar-refractivity contribution in [2.24, 2.45) is 0 Å². The first-order chi connectivity index (χ1) is 5.57. The minimum Gasteiger partial charge on any atom is -0.461 e. The highest BCUT2D eigenvalue weighted by Crippen LogP contribution is 2.28. The number of aliphatic hydroxyl groups is 1. The summed E-state index contributed by atoms with van der Waals surface area (Å²) in [5.41, 5.74) is 0. The van der Waals surface area contributed by atoms with E-state index in [-0.39, 0.29) is 0 Å². The number of ether oxygens (including phenoxy) is 1. The van der Waals surface area contributed by atoms with Gasteiger partial charge in [0.15, 0.2) is 0 Å². The number of cyclic esters (lactones) is 1. The maximum Gasteiger partial charge on any atom is 0.343 e. The fraction of sp³-hybridized carbons (Fsp3) is 0.857. The SMILES string of the molecule is [B][C@@H]1C(O)[C@H](F)C(=O)O[C@@H]1CC. The number of hydrogen-bond acceptors (Lipinski definition) is 3. The number of rotatable bonds is 1. The molecule has 0 saturated carbocycles. The Labute approximate surface area is 71.3 Å². The normalized spacial score (nSPS) is 42.4. The Kier molecular flexibility index (Phi) is 2.72. The summed E-state index contributed by atoms with van der Waals surface area (Å²) in [5, 5.41) is 9.12. The topological polar surface area (TPSA) is 46.5 Å². The van der Waals surface area contributed by atoms with Crippen molar-refractivity contribution < 1.29 is 19.0 Å². The molecule has 1 aliphatic heterocycles. The molecule has 3 nitrogen and oxygen atoms in total. The van der Waals surface area contributed by atoms with Crippen LogP contribution < -0.4 is 0 Å². The van der Waals surface area contributed by atoms with Crippen LogP contribution in [0, 0.1) is 0 Å². The molecule has 2 radical (unpaired) electrons. The van der Waals surface area contributed by atoms with Crippen LogP contribution in [0.2, 0.25) is 5.82 Å². The molecule has 12 heavy (non-hydrogen) atoms. The molecular weight excluding hydrogens is 162 g/mol. The molecule has 1 rings (SSSR count). The zero-order valence-corrected chi connectivity index (χ0v) is 6.74. The minimum absolute atomic E-state index is 0.483. The Morgan fingerprint density at radius 3 is 2.83 bits per heavy atom. The second kappa shape index (κ2) is 3.43. The summed E-state index contributed by atoms with van der Waals surface area (Å²) in [6.45, 7) is 1.75. The highest BCUT2D eigenvalue weighted by atomic mass is 19.1. The van der Waals surface area contributed by atoms with Crippen molar-refractivity contribution in [1.82, 2.24) is 0 Å². The fourth-order valence-corrected chi connectivity index (χ4v) is 1.20. The maximum absolute atomic E-state index is 12.7. The molecule has 0 bridgehead atoms. The van der Waals surface area contributed by atoms with Gasteiger partial charge in [-0.25, -0.2) is 9.18 Å². The third kappa shape index (κ3) is 1.46. The highest BCUT2D eigenvalue weighted by Gasteiger charge is 2.41. The average molecular weight is 172 g/mol. The zero-order valence-electron chi connectivity index (χ0n) is 6.74. The molecule has 0 aliphatic carbocycles.